The summed E-state index contributed by atoms with van der Waals surface area (Å²) >= 11 is 0.843. The lowest BCUT2D eigenvalue weighted by Gasteiger charge is -2.44. The van der Waals surface area contributed by atoms with Gasteiger partial charge in [0.25, 0.3) is 5.82 Å². The molecule has 2 N–H and O–H groups in total. The number of benzene rings is 1. The Labute approximate surface area is 174 Å². The van der Waals surface area contributed by atoms with Crippen LogP contribution in [0.2, 0.25) is 0 Å². The van der Waals surface area contributed by atoms with Crippen LogP contribution in [0.25, 0.3) is 0 Å². The lowest BCUT2D eigenvalue weighted by atomic mass is 9.79. The Morgan fingerprint density at radius 1 is 1.10 bits per heavy atom. The Balaban J connectivity index is 2.00. The van der Waals surface area contributed by atoms with Crippen molar-refractivity contribution in [3.63, 3.8) is 0 Å². The van der Waals surface area contributed by atoms with Crippen molar-refractivity contribution in [3.8, 4) is 0 Å². The van der Waals surface area contributed by atoms with Crippen molar-refractivity contribution in [2.45, 2.75) is 24.1 Å². The van der Waals surface area contributed by atoms with Crippen LogP contribution in [0.3, 0.4) is 0 Å². The number of thiophene rings is 1. The number of carbonyl (C=O) groups is 1. The Bertz CT molecular complexity index is 1100. The first-order chi connectivity index (χ1) is 14.4. The summed E-state index contributed by atoms with van der Waals surface area (Å²) in [7, 11) is 0. The first-order valence-electron chi connectivity index (χ1n) is 8.67. The second kappa shape index (κ2) is 7.05. The monoisotopic (exact) mass is 462 g/mol. The molecule has 0 radical (unpaired) electrons. The summed E-state index contributed by atoms with van der Waals surface area (Å²) in [5.74, 6) is -6.06. The van der Waals surface area contributed by atoms with Gasteiger partial charge in [-0.1, -0.05) is 36.4 Å². The number of rotatable bonds is 3. The number of hydrogen-bond donors (Lipinski definition) is 2. The number of hydrogen-bond acceptors (Lipinski definition) is 6. The van der Waals surface area contributed by atoms with Crippen LogP contribution in [0.4, 0.5) is 32.3 Å². The fourth-order valence-electron chi connectivity index (χ4n) is 3.48. The Morgan fingerprint density at radius 2 is 1.77 bits per heavy atom. The number of anilines is 1. The highest BCUT2D eigenvalue weighted by Gasteiger charge is 2.67. The van der Waals surface area contributed by atoms with Crippen LogP contribution < -0.4 is 5.32 Å². The van der Waals surface area contributed by atoms with Crippen molar-refractivity contribution in [2.24, 2.45) is 5.92 Å². The van der Waals surface area contributed by atoms with Crippen LogP contribution >= 0.6 is 11.3 Å². The van der Waals surface area contributed by atoms with Gasteiger partial charge >= 0.3 is 12.4 Å². The number of carbonyl (C=O) groups excluding carboxylic acids is 1. The van der Waals surface area contributed by atoms with Gasteiger partial charge in [-0.3, -0.25) is 4.79 Å². The fourth-order valence-corrected chi connectivity index (χ4v) is 4.18. The number of ketones is 1. The summed E-state index contributed by atoms with van der Waals surface area (Å²) in [4.78, 5) is 16.2. The zero-order valence-electron chi connectivity index (χ0n) is 15.1. The van der Waals surface area contributed by atoms with Gasteiger partial charge in [0.2, 0.25) is 11.7 Å². The summed E-state index contributed by atoms with van der Waals surface area (Å²) in [6.07, 6.45) is -10.5. The van der Waals surface area contributed by atoms with E-state index in [-0.39, 0.29) is 10.4 Å². The van der Waals surface area contributed by atoms with E-state index < -0.39 is 47.6 Å². The highest BCUT2D eigenvalue weighted by atomic mass is 32.1. The molecular formula is C18H12F6N4O2S. The van der Waals surface area contributed by atoms with Gasteiger partial charge in [0.15, 0.2) is 5.78 Å². The molecule has 4 rings (SSSR count). The molecule has 1 aromatic carbocycles. The molecule has 3 heterocycles. The van der Waals surface area contributed by atoms with Crippen LogP contribution in [0.1, 0.15) is 27.1 Å². The molecular weight excluding hydrogens is 450 g/mol. The number of nitrogens with one attached hydrogen (secondary N) is 1. The lowest BCUT2D eigenvalue weighted by molar-refractivity contribution is -0.266. The topological polar surface area (TPSA) is 80.0 Å². The van der Waals surface area contributed by atoms with Crippen LogP contribution in [0, 0.1) is 5.92 Å². The zero-order chi connectivity index (χ0) is 22.6. The van der Waals surface area contributed by atoms with E-state index in [1.165, 1.54) is 41.8 Å². The number of alkyl halides is 6. The highest BCUT2D eigenvalue weighted by molar-refractivity contribution is 7.12. The SMILES string of the molecule is O=C(c1cccs1)C1C(c2ccccc2)n2nc(C(F)(F)F)nc2NC1(O)C(F)(F)F. The summed E-state index contributed by atoms with van der Waals surface area (Å²) < 4.78 is 82.3. The second-order valence-corrected chi connectivity index (χ2v) is 7.71. The van der Waals surface area contributed by atoms with E-state index in [1.807, 2.05) is 0 Å². The summed E-state index contributed by atoms with van der Waals surface area (Å²) in [6.45, 7) is 0. The number of aliphatic hydroxyl groups is 1. The highest BCUT2D eigenvalue weighted by Crippen LogP contribution is 2.49. The minimum atomic E-state index is -5.44. The zero-order valence-corrected chi connectivity index (χ0v) is 16.0. The molecule has 0 bridgehead atoms. The van der Waals surface area contributed by atoms with Gasteiger partial charge in [-0.15, -0.1) is 16.4 Å². The maximum absolute atomic E-state index is 14.1. The third kappa shape index (κ3) is 3.47. The van der Waals surface area contributed by atoms with Crippen molar-refractivity contribution in [1.29, 1.82) is 0 Å². The van der Waals surface area contributed by atoms with Gasteiger partial charge in [-0.2, -0.15) is 31.3 Å². The average molecular weight is 462 g/mol. The molecule has 0 amide bonds. The van der Waals surface area contributed by atoms with E-state index in [2.05, 4.69) is 10.1 Å². The molecule has 3 aromatic rings. The standard InChI is InChI=1S/C18H12F6N4O2S/c19-17(20,21)14-25-15-26-16(30,18(22,23)24)11(13(29)10-7-4-8-31-10)12(28(15)27-14)9-5-2-1-3-6-9/h1-8,11-12,30H,(H,25,26,27). The predicted molar refractivity (Wildman–Crippen MR) is 96.4 cm³/mol. The molecule has 0 aliphatic carbocycles. The summed E-state index contributed by atoms with van der Waals surface area (Å²) in [5, 5.41) is 17.1. The minimum absolute atomic E-state index is 0.0430. The van der Waals surface area contributed by atoms with Gasteiger partial charge in [0.05, 0.1) is 10.9 Å². The first kappa shape index (κ1) is 21.3. The fraction of sp³-hybridized carbons (Fsp3) is 0.278. The molecule has 2 aromatic heterocycles. The third-order valence-electron chi connectivity index (χ3n) is 4.84. The molecule has 164 valence electrons. The Hall–Kier alpha value is -2.93. The van der Waals surface area contributed by atoms with E-state index in [0.29, 0.717) is 4.68 Å². The van der Waals surface area contributed by atoms with Gasteiger partial charge in [-0.25, -0.2) is 4.68 Å². The van der Waals surface area contributed by atoms with Crippen LogP contribution in [-0.4, -0.2) is 37.6 Å². The molecule has 3 unspecified atom stereocenters. The molecule has 0 spiro atoms. The van der Waals surface area contributed by atoms with Gasteiger partial charge in [0.1, 0.15) is 5.92 Å². The van der Waals surface area contributed by atoms with Crippen molar-refractivity contribution < 1.29 is 36.2 Å². The summed E-state index contributed by atoms with van der Waals surface area (Å²) in [5.41, 5.74) is -3.86. The predicted octanol–water partition coefficient (Wildman–Crippen LogP) is 4.12. The van der Waals surface area contributed by atoms with E-state index >= 15 is 0 Å². The number of fused-ring (bicyclic) bond motifs is 1. The van der Waals surface area contributed by atoms with Crippen molar-refractivity contribution >= 4 is 23.1 Å². The van der Waals surface area contributed by atoms with Crippen molar-refractivity contribution in [3.05, 3.63) is 64.1 Å². The summed E-state index contributed by atoms with van der Waals surface area (Å²) in [6, 6.07) is 8.07. The number of aromatic nitrogens is 3. The maximum Gasteiger partial charge on any atom is 0.453 e. The van der Waals surface area contributed by atoms with Gasteiger partial charge < -0.3 is 10.4 Å². The molecule has 1 aliphatic heterocycles. The van der Waals surface area contributed by atoms with E-state index in [0.717, 1.165) is 11.3 Å². The van der Waals surface area contributed by atoms with Crippen LogP contribution in [0.15, 0.2) is 47.8 Å². The number of halogens is 6. The number of nitrogens with zero attached hydrogens (tertiary/aromatic N) is 3. The lowest BCUT2D eigenvalue weighted by Crippen LogP contribution is -2.64. The molecule has 0 saturated carbocycles. The smallest absolute Gasteiger partial charge is 0.363 e. The van der Waals surface area contributed by atoms with Crippen molar-refractivity contribution in [2.75, 3.05) is 5.32 Å². The average Bonchev–Trinajstić information content (AvgIpc) is 3.35. The normalized spacial score (nSPS) is 23.8. The quantitative estimate of drug-likeness (QED) is 0.452. The Morgan fingerprint density at radius 3 is 2.32 bits per heavy atom. The molecule has 0 saturated heterocycles. The second-order valence-electron chi connectivity index (χ2n) is 6.77. The molecule has 0 fully saturated rings. The van der Waals surface area contributed by atoms with Crippen molar-refractivity contribution in [1.82, 2.24) is 14.8 Å². The Kier molecular flexibility index (Phi) is 4.85. The third-order valence-corrected chi connectivity index (χ3v) is 5.72. The maximum atomic E-state index is 14.1. The molecule has 3 atom stereocenters. The first-order valence-corrected chi connectivity index (χ1v) is 9.55. The molecule has 13 heteroatoms. The van der Waals surface area contributed by atoms with Crippen LogP contribution in [-0.2, 0) is 6.18 Å². The molecule has 6 nitrogen and oxygen atoms in total. The number of Topliss-reactive ketones (excluding diaryl/α,β-unsaturated/α-hetero) is 1. The van der Waals surface area contributed by atoms with Gasteiger partial charge in [-0.05, 0) is 17.0 Å². The molecule has 1 aliphatic rings. The minimum Gasteiger partial charge on any atom is -0.363 e. The van der Waals surface area contributed by atoms with E-state index in [1.54, 1.807) is 11.4 Å². The largest absolute Gasteiger partial charge is 0.453 e. The van der Waals surface area contributed by atoms with Gasteiger partial charge in [0, 0.05) is 0 Å². The van der Waals surface area contributed by atoms with E-state index in [4.69, 9.17) is 0 Å². The van der Waals surface area contributed by atoms with E-state index in [9.17, 15) is 36.2 Å². The molecule has 31 heavy (non-hydrogen) atoms. The van der Waals surface area contributed by atoms with Crippen LogP contribution in [0.5, 0.6) is 0 Å².